The first-order valence-electron chi connectivity index (χ1n) is 9.24. The van der Waals surface area contributed by atoms with Crippen molar-refractivity contribution >= 4 is 22.7 Å². The molecule has 28 heavy (non-hydrogen) atoms. The smallest absolute Gasteiger partial charge is 0.262 e. The molecule has 0 bridgehead atoms. The Labute approximate surface area is 162 Å². The molecule has 0 aliphatic rings. The van der Waals surface area contributed by atoms with Gasteiger partial charge in [-0.2, -0.15) is 0 Å². The van der Waals surface area contributed by atoms with Gasteiger partial charge in [-0.25, -0.2) is 4.39 Å². The van der Waals surface area contributed by atoms with E-state index in [1.165, 1.54) is 28.8 Å². The molecule has 1 atom stereocenters. The van der Waals surface area contributed by atoms with Gasteiger partial charge in [-0.15, -0.1) is 0 Å². The van der Waals surface area contributed by atoms with Crippen molar-refractivity contribution in [3.63, 3.8) is 0 Å². The summed E-state index contributed by atoms with van der Waals surface area (Å²) < 4.78 is 15.1. The molecule has 0 fully saturated rings. The Morgan fingerprint density at radius 2 is 1.96 bits per heavy atom. The van der Waals surface area contributed by atoms with Crippen LogP contribution in [0.4, 0.5) is 4.39 Å². The summed E-state index contributed by atoms with van der Waals surface area (Å²) in [6, 6.07) is 10.2. The number of phenolic OH excluding ortho intramolecular Hbond substituents is 1. The van der Waals surface area contributed by atoms with Crippen LogP contribution < -0.4 is 5.32 Å². The molecule has 0 radical (unpaired) electrons. The van der Waals surface area contributed by atoms with Gasteiger partial charge in [0.1, 0.15) is 11.6 Å². The van der Waals surface area contributed by atoms with E-state index in [4.69, 9.17) is 0 Å². The lowest BCUT2D eigenvalue weighted by Crippen LogP contribution is -2.33. The van der Waals surface area contributed by atoms with Crippen LogP contribution in [0.1, 0.15) is 41.9 Å². The summed E-state index contributed by atoms with van der Waals surface area (Å²) in [5.41, 5.74) is 2.03. The summed E-state index contributed by atoms with van der Waals surface area (Å²) in [7, 11) is 0. The zero-order valence-electron chi connectivity index (χ0n) is 16.1. The predicted molar refractivity (Wildman–Crippen MR) is 106 cm³/mol. The number of carbonyl (C=O) groups excluding carboxylic acids is 2. The topological polar surface area (TPSA) is 71.3 Å². The number of carbonyl (C=O) groups is 2. The molecule has 0 saturated carbocycles. The Morgan fingerprint density at radius 3 is 2.64 bits per heavy atom. The number of phenols is 1. The number of nitrogens with zero attached hydrogens (tertiary/aromatic N) is 1. The highest BCUT2D eigenvalue weighted by Gasteiger charge is 2.22. The lowest BCUT2D eigenvalue weighted by Gasteiger charge is -2.11. The van der Waals surface area contributed by atoms with Gasteiger partial charge < -0.3 is 10.4 Å². The molecular formula is C22H23FN2O3. The van der Waals surface area contributed by atoms with Gasteiger partial charge in [-0.05, 0) is 62.2 Å². The third-order valence-corrected chi connectivity index (χ3v) is 4.95. The average molecular weight is 382 g/mol. The number of aromatic hydroxyl groups is 1. The first kappa shape index (κ1) is 19.6. The molecule has 3 aromatic rings. The minimum absolute atomic E-state index is 0.0449. The average Bonchev–Trinajstić information content (AvgIpc) is 2.92. The van der Waals surface area contributed by atoms with E-state index in [0.717, 1.165) is 6.42 Å². The van der Waals surface area contributed by atoms with Gasteiger partial charge in [0, 0.05) is 22.7 Å². The number of halogens is 1. The van der Waals surface area contributed by atoms with E-state index in [1.807, 2.05) is 13.8 Å². The summed E-state index contributed by atoms with van der Waals surface area (Å²) in [6.07, 6.45) is 0.894. The van der Waals surface area contributed by atoms with Crippen LogP contribution in [-0.2, 0) is 11.2 Å². The van der Waals surface area contributed by atoms with E-state index in [1.54, 1.807) is 25.1 Å². The number of amides is 1. The van der Waals surface area contributed by atoms with Crippen molar-refractivity contribution in [3.05, 3.63) is 65.1 Å². The number of fused-ring (bicyclic) bond motifs is 1. The van der Waals surface area contributed by atoms with Gasteiger partial charge in [0.2, 0.25) is 5.91 Å². The predicted octanol–water partition coefficient (Wildman–Crippen LogP) is 3.94. The molecule has 146 valence electrons. The van der Waals surface area contributed by atoms with Crippen LogP contribution in [0.5, 0.6) is 5.75 Å². The zero-order chi connectivity index (χ0) is 20.4. The molecule has 1 amide bonds. The highest BCUT2D eigenvalue weighted by molar-refractivity contribution is 6.05. The summed E-state index contributed by atoms with van der Waals surface area (Å²) in [5.74, 6) is -0.989. The van der Waals surface area contributed by atoms with Crippen molar-refractivity contribution < 1.29 is 19.1 Å². The molecule has 1 heterocycles. The molecule has 0 spiro atoms. The van der Waals surface area contributed by atoms with E-state index in [2.05, 4.69) is 5.32 Å². The standard InChI is InChI=1S/C22H23FN2O3/c1-4-13(2)24-21(27)12-18-14(3)25(20-9-8-17(26)11-19(18)20)22(28)15-6-5-7-16(23)10-15/h5-11,13,26H,4,12H2,1-3H3,(H,24,27). The van der Waals surface area contributed by atoms with Crippen LogP contribution in [0.2, 0.25) is 0 Å². The normalized spacial score (nSPS) is 12.1. The minimum Gasteiger partial charge on any atom is -0.508 e. The van der Waals surface area contributed by atoms with Crippen LogP contribution in [-0.4, -0.2) is 27.5 Å². The van der Waals surface area contributed by atoms with Crippen molar-refractivity contribution in [3.8, 4) is 5.75 Å². The second kappa shape index (κ2) is 7.84. The van der Waals surface area contributed by atoms with Gasteiger partial charge >= 0.3 is 0 Å². The molecular weight excluding hydrogens is 359 g/mol. The van der Waals surface area contributed by atoms with Crippen LogP contribution in [0.15, 0.2) is 42.5 Å². The van der Waals surface area contributed by atoms with E-state index >= 15 is 0 Å². The van der Waals surface area contributed by atoms with Crippen LogP contribution in [0.25, 0.3) is 10.9 Å². The molecule has 6 heteroatoms. The maximum atomic E-state index is 13.6. The largest absolute Gasteiger partial charge is 0.508 e. The molecule has 0 aliphatic heterocycles. The third kappa shape index (κ3) is 3.76. The van der Waals surface area contributed by atoms with E-state index in [0.29, 0.717) is 22.2 Å². The molecule has 0 saturated heterocycles. The number of hydrogen-bond acceptors (Lipinski definition) is 3. The van der Waals surface area contributed by atoms with Crippen LogP contribution in [0.3, 0.4) is 0 Å². The zero-order valence-corrected chi connectivity index (χ0v) is 16.1. The van der Waals surface area contributed by atoms with Gasteiger partial charge in [-0.3, -0.25) is 14.2 Å². The fourth-order valence-electron chi connectivity index (χ4n) is 3.30. The van der Waals surface area contributed by atoms with Crippen molar-refractivity contribution in [2.75, 3.05) is 0 Å². The fourth-order valence-corrected chi connectivity index (χ4v) is 3.30. The Bertz CT molecular complexity index is 1060. The monoisotopic (exact) mass is 382 g/mol. The Balaban J connectivity index is 2.10. The molecule has 5 nitrogen and oxygen atoms in total. The van der Waals surface area contributed by atoms with Gasteiger partial charge in [0.25, 0.3) is 5.91 Å². The molecule has 0 aliphatic carbocycles. The van der Waals surface area contributed by atoms with E-state index in [9.17, 15) is 19.1 Å². The summed E-state index contributed by atoms with van der Waals surface area (Å²) in [5, 5.41) is 13.5. The SMILES string of the molecule is CCC(C)NC(=O)Cc1c(C)n(C(=O)c2cccc(F)c2)c2ccc(O)cc12. The number of hydrogen-bond donors (Lipinski definition) is 2. The lowest BCUT2D eigenvalue weighted by molar-refractivity contribution is -0.121. The van der Waals surface area contributed by atoms with Gasteiger partial charge in [0.15, 0.2) is 0 Å². The number of benzene rings is 2. The van der Waals surface area contributed by atoms with Crippen molar-refractivity contribution in [1.29, 1.82) is 0 Å². The van der Waals surface area contributed by atoms with E-state index < -0.39 is 5.82 Å². The Kier molecular flexibility index (Phi) is 5.49. The van der Waals surface area contributed by atoms with E-state index in [-0.39, 0.29) is 35.6 Å². The minimum atomic E-state index is -0.495. The van der Waals surface area contributed by atoms with Crippen molar-refractivity contribution in [1.82, 2.24) is 9.88 Å². The number of rotatable bonds is 5. The number of nitrogens with one attached hydrogen (secondary N) is 1. The quantitative estimate of drug-likeness (QED) is 0.702. The molecule has 2 aromatic carbocycles. The summed E-state index contributed by atoms with van der Waals surface area (Å²) >= 11 is 0. The first-order chi connectivity index (χ1) is 13.3. The Hall–Kier alpha value is -3.15. The highest BCUT2D eigenvalue weighted by atomic mass is 19.1. The lowest BCUT2D eigenvalue weighted by atomic mass is 10.1. The maximum absolute atomic E-state index is 13.6. The molecule has 3 rings (SSSR count). The summed E-state index contributed by atoms with van der Waals surface area (Å²) in [4.78, 5) is 25.5. The fraction of sp³-hybridized carbons (Fsp3) is 0.273. The maximum Gasteiger partial charge on any atom is 0.262 e. The first-order valence-corrected chi connectivity index (χ1v) is 9.24. The van der Waals surface area contributed by atoms with Crippen molar-refractivity contribution in [2.24, 2.45) is 0 Å². The molecule has 1 aromatic heterocycles. The van der Waals surface area contributed by atoms with Gasteiger partial charge in [-0.1, -0.05) is 13.0 Å². The summed E-state index contributed by atoms with van der Waals surface area (Å²) in [6.45, 7) is 5.66. The second-order valence-electron chi connectivity index (χ2n) is 6.97. The van der Waals surface area contributed by atoms with Crippen LogP contribution in [0, 0.1) is 12.7 Å². The van der Waals surface area contributed by atoms with Crippen molar-refractivity contribution in [2.45, 2.75) is 39.7 Å². The molecule has 2 N–H and O–H groups in total. The van der Waals surface area contributed by atoms with Crippen LogP contribution >= 0.6 is 0 Å². The molecule has 1 unspecified atom stereocenters. The van der Waals surface area contributed by atoms with Gasteiger partial charge in [0.05, 0.1) is 11.9 Å². The highest BCUT2D eigenvalue weighted by Crippen LogP contribution is 2.30. The number of aromatic nitrogens is 1. The third-order valence-electron chi connectivity index (χ3n) is 4.95. The Morgan fingerprint density at radius 1 is 1.21 bits per heavy atom. The second-order valence-corrected chi connectivity index (χ2v) is 6.97.